The van der Waals surface area contributed by atoms with E-state index in [9.17, 15) is 10.1 Å². The number of rotatable bonds is 8. The highest BCUT2D eigenvalue weighted by Gasteiger charge is 2.28. The fourth-order valence-electron chi connectivity index (χ4n) is 6.86. The maximum atomic E-state index is 12.8. The standard InChI is InChI=1S/C45H38N2O8S3/c1-26-21-38(36-13-14-37(56-36)43-41-40(53-19-20-54-41)39(58-43)22-28(25-46)44(48)55-45(2,3)4)57-42(26)27-5-7-29(8-6-27)47(30-9-11-32-34(23-30)51-17-15-49-32)31-10-12-33-35(24-31)52-18-16-50-33/h5-14,21-24H,15-20H2,1-4H3/b28-22+. The van der Waals surface area contributed by atoms with Crippen molar-refractivity contribution in [2.24, 2.45) is 0 Å². The lowest BCUT2D eigenvalue weighted by Gasteiger charge is -2.28. The van der Waals surface area contributed by atoms with Crippen LogP contribution in [0, 0.1) is 18.3 Å². The molecule has 0 unspecified atom stereocenters. The van der Waals surface area contributed by atoms with E-state index in [1.165, 1.54) is 27.9 Å². The van der Waals surface area contributed by atoms with E-state index in [0.717, 1.165) is 53.6 Å². The van der Waals surface area contributed by atoms with Crippen molar-refractivity contribution in [3.8, 4) is 70.5 Å². The highest BCUT2D eigenvalue weighted by Crippen LogP contribution is 2.53. The Morgan fingerprint density at radius 3 is 1.84 bits per heavy atom. The first-order chi connectivity index (χ1) is 28.1. The number of fused-ring (bicyclic) bond motifs is 3. The number of carbonyl (C=O) groups excluding carboxylic acids is 1. The van der Waals surface area contributed by atoms with E-state index in [0.29, 0.717) is 67.5 Å². The van der Waals surface area contributed by atoms with E-state index in [2.05, 4.69) is 54.3 Å². The molecule has 6 aromatic rings. The average molecular weight is 831 g/mol. The minimum absolute atomic E-state index is 0.0968. The van der Waals surface area contributed by atoms with Gasteiger partial charge >= 0.3 is 5.97 Å². The molecule has 0 saturated heterocycles. The fraction of sp³-hybridized carbons (Fsp3) is 0.244. The third-order valence-electron chi connectivity index (χ3n) is 9.39. The number of nitrogens with zero attached hydrogens (tertiary/aromatic N) is 2. The largest absolute Gasteiger partial charge is 0.486 e. The third kappa shape index (κ3) is 7.46. The molecule has 13 heteroatoms. The van der Waals surface area contributed by atoms with Gasteiger partial charge in [0.15, 0.2) is 34.5 Å². The molecule has 3 aromatic carbocycles. The number of benzene rings is 3. The molecule has 3 aliphatic rings. The molecule has 0 bridgehead atoms. The van der Waals surface area contributed by atoms with Crippen molar-refractivity contribution in [2.75, 3.05) is 44.5 Å². The molecule has 3 aromatic heterocycles. The van der Waals surface area contributed by atoms with Gasteiger partial charge in [0.25, 0.3) is 0 Å². The number of aryl methyl sites for hydroxylation is 1. The van der Waals surface area contributed by atoms with Crippen molar-refractivity contribution in [3.05, 3.63) is 94.9 Å². The molecule has 9 rings (SSSR count). The van der Waals surface area contributed by atoms with Crippen LogP contribution < -0.4 is 33.3 Å². The van der Waals surface area contributed by atoms with Gasteiger partial charge in [-0.15, -0.1) is 34.0 Å². The van der Waals surface area contributed by atoms with E-state index < -0.39 is 11.6 Å². The first kappa shape index (κ1) is 37.6. The van der Waals surface area contributed by atoms with Gasteiger partial charge < -0.3 is 38.1 Å². The first-order valence-corrected chi connectivity index (χ1v) is 21.3. The SMILES string of the molecule is Cc1cc(-c2ccc(-c3sc(/C=C(\C#N)C(=O)OC(C)(C)C)c4c3OCCO4)s2)sc1-c1ccc(N(c2ccc3c(c2)OCCO3)c2ccc3c(c2)OCCO3)cc1. The van der Waals surface area contributed by atoms with Gasteiger partial charge in [-0.05, 0) is 99.5 Å². The van der Waals surface area contributed by atoms with Crippen LogP contribution in [0.3, 0.4) is 0 Å². The van der Waals surface area contributed by atoms with Crippen LogP contribution in [0.4, 0.5) is 17.1 Å². The molecular weight excluding hydrogens is 793 g/mol. The fourth-order valence-corrected chi connectivity index (χ4v) is 10.4. The lowest BCUT2D eigenvalue weighted by molar-refractivity contribution is -0.149. The second kappa shape index (κ2) is 15.4. The Kier molecular flexibility index (Phi) is 10.0. The second-order valence-corrected chi connectivity index (χ2v) is 17.8. The zero-order valence-corrected chi connectivity index (χ0v) is 34.7. The van der Waals surface area contributed by atoms with Crippen LogP contribution in [0.2, 0.25) is 0 Å². The smallest absolute Gasteiger partial charge is 0.349 e. The Hall–Kier alpha value is -5.94. The summed E-state index contributed by atoms with van der Waals surface area (Å²) in [4.78, 5) is 21.0. The quantitative estimate of drug-likeness (QED) is 0.0835. The molecule has 294 valence electrons. The molecule has 0 fully saturated rings. The van der Waals surface area contributed by atoms with Crippen molar-refractivity contribution in [2.45, 2.75) is 33.3 Å². The summed E-state index contributed by atoms with van der Waals surface area (Å²) in [6.07, 6.45) is 1.54. The maximum absolute atomic E-state index is 12.8. The summed E-state index contributed by atoms with van der Waals surface area (Å²) < 4.78 is 41.2. The lowest BCUT2D eigenvalue weighted by Crippen LogP contribution is -2.24. The van der Waals surface area contributed by atoms with Gasteiger partial charge in [-0.25, -0.2) is 4.79 Å². The number of ether oxygens (including phenoxy) is 7. The summed E-state index contributed by atoms with van der Waals surface area (Å²) in [6.45, 7) is 10.3. The van der Waals surface area contributed by atoms with Gasteiger partial charge in [0.1, 0.15) is 56.9 Å². The van der Waals surface area contributed by atoms with E-state index >= 15 is 0 Å². The molecule has 58 heavy (non-hydrogen) atoms. The number of thiophene rings is 3. The summed E-state index contributed by atoms with van der Waals surface area (Å²) in [5, 5.41) is 9.82. The van der Waals surface area contributed by atoms with Gasteiger partial charge in [0, 0.05) is 37.3 Å². The Morgan fingerprint density at radius 2 is 1.22 bits per heavy atom. The van der Waals surface area contributed by atoms with Crippen molar-refractivity contribution in [1.29, 1.82) is 5.26 Å². The molecule has 0 N–H and O–H groups in total. The van der Waals surface area contributed by atoms with Gasteiger partial charge in [-0.1, -0.05) is 12.1 Å². The normalized spacial score (nSPS) is 14.4. The van der Waals surface area contributed by atoms with Crippen molar-refractivity contribution in [3.63, 3.8) is 0 Å². The molecule has 0 aliphatic carbocycles. The number of anilines is 3. The lowest BCUT2D eigenvalue weighted by atomic mass is 10.1. The molecule has 0 saturated carbocycles. The molecule has 0 radical (unpaired) electrons. The Morgan fingerprint density at radius 1 is 0.655 bits per heavy atom. The van der Waals surface area contributed by atoms with Crippen molar-refractivity contribution < 1.29 is 38.0 Å². The van der Waals surface area contributed by atoms with Crippen LogP contribution in [0.25, 0.3) is 36.0 Å². The first-order valence-electron chi connectivity index (χ1n) is 18.8. The van der Waals surface area contributed by atoms with Crippen LogP contribution in [0.5, 0.6) is 34.5 Å². The number of nitriles is 1. The summed E-state index contributed by atoms with van der Waals surface area (Å²) in [5.74, 6) is 3.38. The maximum Gasteiger partial charge on any atom is 0.349 e. The summed E-state index contributed by atoms with van der Waals surface area (Å²) in [5.41, 5.74) is 4.30. The Bertz CT molecular complexity index is 2550. The molecule has 10 nitrogen and oxygen atoms in total. The number of hydrogen-bond acceptors (Lipinski definition) is 13. The molecule has 0 spiro atoms. The molecule has 3 aliphatic heterocycles. The number of esters is 1. The monoisotopic (exact) mass is 830 g/mol. The molecule has 0 amide bonds. The Balaban J connectivity index is 1.01. The minimum Gasteiger partial charge on any atom is -0.486 e. The van der Waals surface area contributed by atoms with Crippen LogP contribution in [-0.2, 0) is 9.53 Å². The molecule has 0 atom stereocenters. The highest BCUT2D eigenvalue weighted by molar-refractivity contribution is 7.27. The zero-order chi connectivity index (χ0) is 40.0. The highest BCUT2D eigenvalue weighted by atomic mass is 32.1. The predicted molar refractivity (Wildman–Crippen MR) is 228 cm³/mol. The number of carbonyl (C=O) groups is 1. The third-order valence-corrected chi connectivity index (χ3v) is 13.2. The van der Waals surface area contributed by atoms with Gasteiger partial charge in [0.05, 0.1) is 21.1 Å². The van der Waals surface area contributed by atoms with E-state index in [1.807, 2.05) is 42.5 Å². The van der Waals surface area contributed by atoms with Gasteiger partial charge in [-0.3, -0.25) is 0 Å². The van der Waals surface area contributed by atoms with Gasteiger partial charge in [0.2, 0.25) is 0 Å². The van der Waals surface area contributed by atoms with E-state index in [1.54, 1.807) is 43.4 Å². The summed E-state index contributed by atoms with van der Waals surface area (Å²) >= 11 is 4.85. The van der Waals surface area contributed by atoms with Crippen molar-refractivity contribution in [1.82, 2.24) is 0 Å². The molecular formula is C45H38N2O8S3. The topological polar surface area (TPSA) is 109 Å². The van der Waals surface area contributed by atoms with E-state index in [4.69, 9.17) is 33.2 Å². The Labute approximate surface area is 348 Å². The minimum atomic E-state index is -0.728. The molecule has 6 heterocycles. The van der Waals surface area contributed by atoms with Crippen LogP contribution in [0.15, 0.2) is 84.4 Å². The zero-order valence-electron chi connectivity index (χ0n) is 32.2. The van der Waals surface area contributed by atoms with Crippen LogP contribution >= 0.6 is 34.0 Å². The number of hydrogen-bond donors (Lipinski definition) is 0. The summed E-state index contributed by atoms with van der Waals surface area (Å²) in [6, 6.07) is 29.1. The second-order valence-electron chi connectivity index (χ2n) is 14.6. The predicted octanol–water partition coefficient (Wildman–Crippen LogP) is 11.2. The van der Waals surface area contributed by atoms with Crippen molar-refractivity contribution >= 4 is 63.1 Å². The van der Waals surface area contributed by atoms with Crippen LogP contribution in [0.1, 0.15) is 31.2 Å². The van der Waals surface area contributed by atoms with E-state index in [-0.39, 0.29) is 5.57 Å². The summed E-state index contributed by atoms with van der Waals surface area (Å²) in [7, 11) is 0. The van der Waals surface area contributed by atoms with Gasteiger partial charge in [-0.2, -0.15) is 5.26 Å². The average Bonchev–Trinajstić information content (AvgIpc) is 3.97. The van der Waals surface area contributed by atoms with Crippen LogP contribution in [-0.4, -0.2) is 51.2 Å².